The van der Waals surface area contributed by atoms with Gasteiger partial charge in [-0.25, -0.2) is 15.0 Å². The lowest BCUT2D eigenvalue weighted by atomic mass is 10.1. The largest absolute Gasteiger partial charge is 0.325 e. The van der Waals surface area contributed by atoms with Crippen LogP contribution in [-0.4, -0.2) is 31.4 Å². The molecule has 0 saturated carbocycles. The lowest BCUT2D eigenvalue weighted by Gasteiger charge is -2.25. The Morgan fingerprint density at radius 2 is 2.00 bits per heavy atom. The average Bonchev–Trinajstić information content (AvgIpc) is 3.13. The van der Waals surface area contributed by atoms with Crippen molar-refractivity contribution in [2.24, 2.45) is 0 Å². The molecule has 1 unspecified atom stereocenters. The van der Waals surface area contributed by atoms with Crippen molar-refractivity contribution in [3.63, 3.8) is 0 Å². The van der Waals surface area contributed by atoms with Gasteiger partial charge in [0.25, 0.3) is 0 Å². The topological polar surface area (TPSA) is 66.8 Å². The summed E-state index contributed by atoms with van der Waals surface area (Å²) in [4.78, 5) is 20.5. The maximum Gasteiger partial charge on any atom is 0.135 e. The molecule has 1 fully saturated rings. The van der Waals surface area contributed by atoms with E-state index in [1.807, 2.05) is 38.4 Å². The molecule has 3 aromatic rings. The average molecular weight is 374 g/mol. The Morgan fingerprint density at radius 1 is 1.11 bits per heavy atom. The number of likely N-dealkylation sites (tertiary alicyclic amines) is 1. The van der Waals surface area contributed by atoms with Crippen molar-refractivity contribution in [2.45, 2.75) is 46.2 Å². The molecule has 1 aliphatic rings. The Labute approximate surface area is 166 Å². The first-order valence-electron chi connectivity index (χ1n) is 9.78. The summed E-state index contributed by atoms with van der Waals surface area (Å²) >= 11 is 0. The molecular formula is C22H26N6. The molecule has 0 radical (unpaired) electrons. The highest BCUT2D eigenvalue weighted by Crippen LogP contribution is 2.33. The number of rotatable bonds is 5. The van der Waals surface area contributed by atoms with Gasteiger partial charge in [0.05, 0.1) is 11.7 Å². The molecule has 1 N–H and O–H groups in total. The molecule has 0 spiro atoms. The highest BCUT2D eigenvalue weighted by atomic mass is 15.2. The third-order valence-corrected chi connectivity index (χ3v) is 5.33. The van der Waals surface area contributed by atoms with Gasteiger partial charge in [0.2, 0.25) is 0 Å². The first-order chi connectivity index (χ1) is 13.6. The van der Waals surface area contributed by atoms with Gasteiger partial charge in [-0.3, -0.25) is 9.88 Å². The lowest BCUT2D eigenvalue weighted by molar-refractivity contribution is 0.243. The predicted octanol–water partition coefficient (Wildman–Crippen LogP) is 4.27. The van der Waals surface area contributed by atoms with Crippen molar-refractivity contribution in [2.75, 3.05) is 11.9 Å². The Hall–Kier alpha value is -2.86. The molecule has 6 nitrogen and oxygen atoms in total. The number of anilines is 2. The summed E-state index contributed by atoms with van der Waals surface area (Å²) in [6.07, 6.45) is 7.90. The van der Waals surface area contributed by atoms with Crippen molar-refractivity contribution in [3.05, 3.63) is 71.1 Å². The van der Waals surface area contributed by atoms with Gasteiger partial charge in [-0.1, -0.05) is 6.07 Å². The van der Waals surface area contributed by atoms with Gasteiger partial charge < -0.3 is 5.32 Å². The van der Waals surface area contributed by atoms with Gasteiger partial charge in [-0.2, -0.15) is 0 Å². The molecule has 1 aliphatic heterocycles. The van der Waals surface area contributed by atoms with Crippen molar-refractivity contribution in [1.29, 1.82) is 0 Å². The highest BCUT2D eigenvalue weighted by Gasteiger charge is 2.28. The van der Waals surface area contributed by atoms with E-state index < -0.39 is 0 Å². The van der Waals surface area contributed by atoms with Crippen LogP contribution in [0.2, 0.25) is 0 Å². The summed E-state index contributed by atoms with van der Waals surface area (Å²) in [5, 5.41) is 3.36. The molecule has 1 atom stereocenters. The van der Waals surface area contributed by atoms with E-state index in [0.717, 1.165) is 48.2 Å². The van der Waals surface area contributed by atoms with Crippen LogP contribution in [0.3, 0.4) is 0 Å². The Balaban J connectivity index is 1.58. The van der Waals surface area contributed by atoms with Crippen LogP contribution >= 0.6 is 0 Å². The van der Waals surface area contributed by atoms with Gasteiger partial charge in [0.1, 0.15) is 17.5 Å². The van der Waals surface area contributed by atoms with E-state index >= 15 is 0 Å². The van der Waals surface area contributed by atoms with Crippen LogP contribution in [0, 0.1) is 20.8 Å². The smallest absolute Gasteiger partial charge is 0.135 e. The van der Waals surface area contributed by atoms with E-state index in [1.54, 1.807) is 6.20 Å². The fraction of sp³-hybridized carbons (Fsp3) is 0.364. The third kappa shape index (κ3) is 4.02. The monoisotopic (exact) mass is 374 g/mol. The van der Waals surface area contributed by atoms with Gasteiger partial charge >= 0.3 is 0 Å². The van der Waals surface area contributed by atoms with E-state index in [1.165, 1.54) is 17.5 Å². The molecule has 0 aromatic carbocycles. The number of hydrogen-bond donors (Lipinski definition) is 1. The predicted molar refractivity (Wildman–Crippen MR) is 110 cm³/mol. The van der Waals surface area contributed by atoms with Crippen LogP contribution in [0.4, 0.5) is 11.6 Å². The Morgan fingerprint density at radius 3 is 2.82 bits per heavy atom. The minimum atomic E-state index is 0.305. The van der Waals surface area contributed by atoms with E-state index in [2.05, 4.69) is 44.2 Å². The molecule has 0 bridgehead atoms. The summed E-state index contributed by atoms with van der Waals surface area (Å²) in [6.45, 7) is 8.12. The van der Waals surface area contributed by atoms with Gasteiger partial charge in [-0.15, -0.1) is 0 Å². The number of aromatic nitrogens is 4. The number of aryl methyl sites for hydroxylation is 3. The van der Waals surface area contributed by atoms with Crippen molar-refractivity contribution in [3.8, 4) is 0 Å². The Bertz CT molecular complexity index is 971. The van der Waals surface area contributed by atoms with Gasteiger partial charge in [0.15, 0.2) is 0 Å². The molecule has 4 heterocycles. The zero-order chi connectivity index (χ0) is 19.5. The molecular weight excluding hydrogens is 348 g/mol. The van der Waals surface area contributed by atoms with Gasteiger partial charge in [-0.05, 0) is 69.0 Å². The van der Waals surface area contributed by atoms with Crippen LogP contribution in [-0.2, 0) is 6.54 Å². The quantitative estimate of drug-likeness (QED) is 0.719. The molecule has 4 rings (SSSR count). The molecule has 0 aliphatic carbocycles. The van der Waals surface area contributed by atoms with Crippen molar-refractivity contribution in [1.82, 2.24) is 24.8 Å². The normalized spacial score (nSPS) is 17.0. The summed E-state index contributed by atoms with van der Waals surface area (Å²) in [5.41, 5.74) is 4.74. The maximum atomic E-state index is 4.77. The van der Waals surface area contributed by atoms with Crippen LogP contribution in [0.1, 0.15) is 47.1 Å². The van der Waals surface area contributed by atoms with Crippen molar-refractivity contribution < 1.29 is 0 Å². The van der Waals surface area contributed by atoms with E-state index in [0.29, 0.717) is 6.04 Å². The second kappa shape index (κ2) is 8.02. The molecule has 28 heavy (non-hydrogen) atoms. The van der Waals surface area contributed by atoms with Crippen LogP contribution < -0.4 is 5.32 Å². The summed E-state index contributed by atoms with van der Waals surface area (Å²) < 4.78 is 0. The second-order valence-corrected chi connectivity index (χ2v) is 7.45. The lowest BCUT2D eigenvalue weighted by Crippen LogP contribution is -2.24. The highest BCUT2D eigenvalue weighted by molar-refractivity contribution is 5.55. The number of nitrogens with one attached hydrogen (secondary N) is 1. The number of nitrogens with zero attached hydrogens (tertiary/aromatic N) is 5. The SMILES string of the molecule is Cc1nc(Nc2ncccc2C)cc(C2CCCN2Cc2ccncc2C)n1. The third-order valence-electron chi connectivity index (χ3n) is 5.33. The first kappa shape index (κ1) is 18.5. The molecule has 0 amide bonds. The maximum absolute atomic E-state index is 4.77. The summed E-state index contributed by atoms with van der Waals surface area (Å²) in [6, 6.07) is 8.48. The number of hydrogen-bond acceptors (Lipinski definition) is 6. The van der Waals surface area contributed by atoms with Gasteiger partial charge in [0, 0.05) is 31.2 Å². The Kier molecular flexibility index (Phi) is 5.30. The molecule has 1 saturated heterocycles. The van der Waals surface area contributed by atoms with Crippen LogP contribution in [0.15, 0.2) is 42.9 Å². The minimum Gasteiger partial charge on any atom is -0.325 e. The van der Waals surface area contributed by atoms with Crippen molar-refractivity contribution >= 4 is 11.6 Å². The fourth-order valence-corrected chi connectivity index (χ4v) is 3.81. The van der Waals surface area contributed by atoms with Crippen LogP contribution in [0.25, 0.3) is 0 Å². The fourth-order valence-electron chi connectivity index (χ4n) is 3.81. The summed E-state index contributed by atoms with van der Waals surface area (Å²) in [7, 11) is 0. The minimum absolute atomic E-state index is 0.305. The first-order valence-corrected chi connectivity index (χ1v) is 9.78. The molecule has 144 valence electrons. The van der Waals surface area contributed by atoms with E-state index in [-0.39, 0.29) is 0 Å². The van der Waals surface area contributed by atoms with E-state index in [9.17, 15) is 0 Å². The molecule has 3 aromatic heterocycles. The van der Waals surface area contributed by atoms with E-state index in [4.69, 9.17) is 4.98 Å². The zero-order valence-electron chi connectivity index (χ0n) is 16.7. The molecule has 6 heteroatoms. The second-order valence-electron chi connectivity index (χ2n) is 7.45. The van der Waals surface area contributed by atoms with Crippen LogP contribution in [0.5, 0.6) is 0 Å². The number of pyridine rings is 2. The standard InChI is InChI=1S/C22H26N6/c1-15-6-4-9-24-22(15)27-21-12-19(25-17(3)26-21)20-7-5-11-28(20)14-18-8-10-23-13-16(18)2/h4,6,8-10,12-13,20H,5,7,11,14H2,1-3H3,(H,24,25,26,27). The zero-order valence-corrected chi connectivity index (χ0v) is 16.7. The summed E-state index contributed by atoms with van der Waals surface area (Å²) in [5.74, 6) is 2.42.